The minimum Gasteiger partial charge on any atom is -0.494 e. The van der Waals surface area contributed by atoms with Crippen LogP contribution in [0.25, 0.3) is 10.8 Å². The van der Waals surface area contributed by atoms with Gasteiger partial charge in [-0.25, -0.2) is 18.2 Å². The summed E-state index contributed by atoms with van der Waals surface area (Å²) in [6, 6.07) is 3.63. The summed E-state index contributed by atoms with van der Waals surface area (Å²) in [5, 5.41) is 13.7. The average molecular weight is 822 g/mol. The third-order valence-corrected chi connectivity index (χ3v) is 13.5. The van der Waals surface area contributed by atoms with E-state index in [1.807, 2.05) is 13.8 Å². The van der Waals surface area contributed by atoms with Crippen LogP contribution in [-0.2, 0) is 24.4 Å². The van der Waals surface area contributed by atoms with Gasteiger partial charge in [0, 0.05) is 23.9 Å². The second kappa shape index (κ2) is 15.6. The lowest BCUT2D eigenvalue weighted by Gasteiger charge is -2.45. The van der Waals surface area contributed by atoms with Crippen molar-refractivity contribution in [2.45, 2.75) is 120 Å². The number of rotatable bonds is 9. The molecule has 4 amide bonds. The third kappa shape index (κ3) is 8.51. The molecule has 14 nitrogen and oxygen atoms in total. The van der Waals surface area contributed by atoms with E-state index in [9.17, 15) is 45.9 Å². The van der Waals surface area contributed by atoms with Gasteiger partial charge in [-0.3, -0.25) is 24.0 Å². The van der Waals surface area contributed by atoms with Gasteiger partial charge in [0.15, 0.2) is 0 Å². The van der Waals surface area contributed by atoms with E-state index in [0.717, 1.165) is 4.90 Å². The Hall–Kier alpha value is -4.61. The Balaban J connectivity index is 1.41. The molecule has 7 atom stereocenters. The molecule has 3 heterocycles. The van der Waals surface area contributed by atoms with E-state index in [1.165, 1.54) is 13.1 Å². The number of halogens is 3. The van der Waals surface area contributed by atoms with Crippen LogP contribution in [0.4, 0.5) is 18.0 Å². The number of nitrogens with zero attached hydrogens (tertiary/aromatic N) is 3. The molecule has 1 aromatic heterocycles. The van der Waals surface area contributed by atoms with Crippen LogP contribution in [0.15, 0.2) is 42.6 Å². The molecule has 3 fully saturated rings. The van der Waals surface area contributed by atoms with Gasteiger partial charge in [-0.1, -0.05) is 26.0 Å². The number of ether oxygens (including phenoxy) is 2. The lowest BCUT2D eigenvalue weighted by molar-refractivity contribution is -0.222. The van der Waals surface area contributed by atoms with Gasteiger partial charge in [-0.15, -0.1) is 0 Å². The first-order valence-electron chi connectivity index (χ1n) is 19.3. The Bertz CT molecular complexity index is 2040. The van der Waals surface area contributed by atoms with Gasteiger partial charge in [0.05, 0.1) is 18.4 Å². The zero-order valence-electron chi connectivity index (χ0n) is 32.5. The average Bonchev–Trinajstić information content (AvgIpc) is 4.05. The van der Waals surface area contributed by atoms with Crippen LogP contribution in [0.1, 0.15) is 79.6 Å². The van der Waals surface area contributed by atoms with Gasteiger partial charge in [0.1, 0.15) is 35.0 Å². The Morgan fingerprint density at radius 1 is 1.12 bits per heavy atom. The first kappa shape index (κ1) is 42.0. The highest BCUT2D eigenvalue weighted by atomic mass is 32.2. The minimum atomic E-state index is -5.09. The van der Waals surface area contributed by atoms with Crippen molar-refractivity contribution in [2.24, 2.45) is 17.8 Å². The molecular formula is C39H50F3N5O9S. The van der Waals surface area contributed by atoms with Crippen LogP contribution in [0.2, 0.25) is 0 Å². The monoisotopic (exact) mass is 821 g/mol. The van der Waals surface area contributed by atoms with E-state index in [4.69, 9.17) is 9.47 Å². The van der Waals surface area contributed by atoms with E-state index in [2.05, 4.69) is 15.0 Å². The van der Waals surface area contributed by atoms with E-state index < -0.39 is 86.4 Å². The number of alkyl halides is 3. The maximum absolute atomic E-state index is 14.9. The maximum atomic E-state index is 14.9. The lowest BCUT2D eigenvalue weighted by Crippen LogP contribution is -2.66. The summed E-state index contributed by atoms with van der Waals surface area (Å²) in [6.07, 6.45) is -1.19. The topological polar surface area (TPSA) is 185 Å². The number of pyridine rings is 1. The first-order chi connectivity index (χ1) is 26.7. The van der Waals surface area contributed by atoms with Crippen molar-refractivity contribution in [3.63, 3.8) is 0 Å². The van der Waals surface area contributed by atoms with Crippen molar-refractivity contribution < 1.29 is 55.3 Å². The standard InChI is InChI=1S/C39H50F3N5O9S/c1-6-55-26-11-14-29-24(18-26)15-16-43-33(29)56-27-19-30-32(48)44-38(35(50)45-57(53,54)28-12-13-28)20-25(38)10-8-7-9-22(2)17-23(3)31(34(49)46(30)21-27)47(36(51)52)37(4,5)39(40,41)42/h8,10-11,14-16,18,22-23,25,27-28,30-31H,6-7,9,12-13,17,19-21H2,1-5H3,(H,44,48)(H,45,50)(H,51,52)/t22-,23+,25+,27+,30-,31-,38+/m0/s1. The molecule has 3 N–H and O–H groups in total. The fourth-order valence-corrected chi connectivity index (χ4v) is 9.49. The predicted molar refractivity (Wildman–Crippen MR) is 202 cm³/mol. The van der Waals surface area contributed by atoms with Crippen molar-refractivity contribution in [1.29, 1.82) is 0 Å². The SMILES string of the molecule is CCOc1ccc2c(O[C@@H]3C[C@H]4C(=O)N[C@]5(C(=O)NS(=O)(=O)C6CC6)C[C@H]5C=CCC[C@H](C)C[C@@H](C)[C@H](N(C(=O)O)C(C)(C)C(F)(F)F)C(=O)N4C3)nccc2c1. The molecule has 0 spiro atoms. The molecule has 2 aliphatic heterocycles. The number of hydrogen-bond acceptors (Lipinski definition) is 9. The fraction of sp³-hybridized carbons (Fsp3) is 0.615. The smallest absolute Gasteiger partial charge is 0.411 e. The predicted octanol–water partition coefficient (Wildman–Crippen LogP) is 5.17. The van der Waals surface area contributed by atoms with Crippen LogP contribution < -0.4 is 19.5 Å². The number of amides is 4. The first-order valence-corrected chi connectivity index (χ1v) is 20.9. The van der Waals surface area contributed by atoms with E-state index in [1.54, 1.807) is 36.4 Å². The van der Waals surface area contributed by atoms with Crippen molar-refractivity contribution in [3.05, 3.63) is 42.6 Å². The Morgan fingerprint density at radius 2 is 1.84 bits per heavy atom. The zero-order chi connectivity index (χ0) is 41.7. The number of sulfonamides is 1. The molecular weight excluding hydrogens is 772 g/mol. The van der Waals surface area contributed by atoms with Crippen LogP contribution in [-0.4, -0.2) is 106 Å². The number of benzene rings is 1. The van der Waals surface area contributed by atoms with E-state index >= 15 is 0 Å². The summed E-state index contributed by atoms with van der Waals surface area (Å²) in [5.41, 5.74) is -4.72. The quantitative estimate of drug-likeness (QED) is 0.286. The van der Waals surface area contributed by atoms with Crippen LogP contribution >= 0.6 is 0 Å². The van der Waals surface area contributed by atoms with Gasteiger partial charge in [0.25, 0.3) is 5.91 Å². The zero-order valence-corrected chi connectivity index (χ0v) is 33.4. The van der Waals surface area contributed by atoms with Crippen molar-refractivity contribution >= 4 is 44.6 Å². The van der Waals surface area contributed by atoms with Gasteiger partial charge >= 0.3 is 12.3 Å². The van der Waals surface area contributed by atoms with Crippen LogP contribution in [0, 0.1) is 17.8 Å². The van der Waals surface area contributed by atoms with Crippen molar-refractivity contribution in [1.82, 2.24) is 24.8 Å². The summed E-state index contributed by atoms with van der Waals surface area (Å²) < 4.78 is 83.8. The summed E-state index contributed by atoms with van der Waals surface area (Å²) >= 11 is 0. The second-order valence-electron chi connectivity index (χ2n) is 16.3. The van der Waals surface area contributed by atoms with Crippen LogP contribution in [0.3, 0.4) is 0 Å². The third-order valence-electron chi connectivity index (χ3n) is 11.6. The summed E-state index contributed by atoms with van der Waals surface area (Å²) in [4.78, 5) is 61.7. The molecule has 18 heteroatoms. The summed E-state index contributed by atoms with van der Waals surface area (Å²) in [7, 11) is -4.02. The Kier molecular flexibility index (Phi) is 11.5. The van der Waals surface area contributed by atoms with Gasteiger partial charge in [-0.05, 0) is 101 Å². The fourth-order valence-electron chi connectivity index (χ4n) is 8.12. The number of carboxylic acid groups (broad SMARTS) is 1. The van der Waals surface area contributed by atoms with Gasteiger partial charge in [0.2, 0.25) is 27.7 Å². The molecule has 0 unspecified atom stereocenters. The number of carbonyl (C=O) groups is 4. The largest absolute Gasteiger partial charge is 0.494 e. The molecule has 2 aromatic rings. The van der Waals surface area contributed by atoms with Gasteiger partial charge in [-0.2, -0.15) is 13.2 Å². The van der Waals surface area contributed by atoms with Crippen LogP contribution in [0.5, 0.6) is 11.6 Å². The number of carbonyl (C=O) groups excluding carboxylic acids is 3. The highest BCUT2D eigenvalue weighted by Gasteiger charge is 2.63. The van der Waals surface area contributed by atoms with Crippen molar-refractivity contribution in [3.8, 4) is 11.6 Å². The normalized spacial score (nSPS) is 28.7. The molecule has 2 saturated carbocycles. The molecule has 6 rings (SSSR count). The molecule has 1 aromatic carbocycles. The molecule has 4 aliphatic rings. The highest BCUT2D eigenvalue weighted by Crippen LogP contribution is 2.47. The number of hydrogen-bond donors (Lipinski definition) is 3. The maximum Gasteiger partial charge on any atom is 0.411 e. The van der Waals surface area contributed by atoms with Crippen molar-refractivity contribution in [2.75, 3.05) is 13.2 Å². The minimum absolute atomic E-state index is 0.0628. The molecule has 57 heavy (non-hydrogen) atoms. The lowest BCUT2D eigenvalue weighted by atomic mass is 9.85. The molecule has 0 radical (unpaired) electrons. The molecule has 0 bridgehead atoms. The number of allylic oxidation sites excluding steroid dienone is 1. The highest BCUT2D eigenvalue weighted by molar-refractivity contribution is 7.91. The summed E-state index contributed by atoms with van der Waals surface area (Å²) in [5.74, 6) is -3.80. The Labute approximate surface area is 329 Å². The number of fused-ring (bicyclic) bond motifs is 3. The molecule has 1 saturated heterocycles. The second-order valence-corrected chi connectivity index (χ2v) is 18.3. The number of aromatic nitrogens is 1. The van der Waals surface area contributed by atoms with E-state index in [0.29, 0.717) is 62.7 Å². The van der Waals surface area contributed by atoms with Gasteiger partial charge < -0.3 is 24.8 Å². The number of nitrogens with one attached hydrogen (secondary N) is 2. The Morgan fingerprint density at radius 3 is 2.49 bits per heavy atom. The van der Waals surface area contributed by atoms with E-state index in [-0.39, 0.29) is 42.5 Å². The molecule has 312 valence electrons. The molecule has 2 aliphatic carbocycles. The summed E-state index contributed by atoms with van der Waals surface area (Å²) in [6.45, 7) is 6.70.